The van der Waals surface area contributed by atoms with Crippen LogP contribution in [0.1, 0.15) is 26.3 Å². The molecule has 5 nitrogen and oxygen atoms in total. The Morgan fingerprint density at radius 3 is 1.56 bits per heavy atom. The minimum Gasteiger partial charge on any atom is -0.497 e. The van der Waals surface area contributed by atoms with Crippen molar-refractivity contribution in [3.63, 3.8) is 0 Å². The summed E-state index contributed by atoms with van der Waals surface area (Å²) in [6.07, 6.45) is 0. The molecule has 0 heterocycles. The minimum atomic E-state index is -1.74. The van der Waals surface area contributed by atoms with Crippen molar-refractivity contribution < 1.29 is 24.8 Å². The molecule has 0 bridgehead atoms. The molecule has 1 aromatic carbocycles. The van der Waals surface area contributed by atoms with Crippen molar-refractivity contribution in [1.82, 2.24) is 0 Å². The molecule has 1 aromatic rings. The topological polar surface area (TPSA) is 90.2 Å². The van der Waals surface area contributed by atoms with Gasteiger partial charge in [0.25, 0.3) is 0 Å². The zero-order valence-electron chi connectivity index (χ0n) is 11.0. The molecule has 7 heteroatoms. The van der Waals surface area contributed by atoms with E-state index in [-0.39, 0.29) is 22.1 Å². The molecule has 0 radical (unpaired) electrons. The van der Waals surface area contributed by atoms with Gasteiger partial charge in [0.05, 0.1) is 7.11 Å². The lowest BCUT2D eigenvalue weighted by Crippen LogP contribution is -2.41. The molecule has 4 N–H and O–H groups in total. The van der Waals surface area contributed by atoms with Crippen LogP contribution in [0.5, 0.6) is 5.75 Å². The Bertz CT molecular complexity index is 397. The Morgan fingerprint density at radius 2 is 1.33 bits per heavy atom. The van der Waals surface area contributed by atoms with Gasteiger partial charge >= 0.3 is 14.2 Å². The lowest BCUT2D eigenvalue weighted by Gasteiger charge is -2.23. The smallest absolute Gasteiger partial charge is 0.492 e. The van der Waals surface area contributed by atoms with Crippen LogP contribution < -0.4 is 15.7 Å². The molecule has 0 spiro atoms. The van der Waals surface area contributed by atoms with E-state index in [4.69, 9.17) is 4.74 Å². The van der Waals surface area contributed by atoms with Crippen LogP contribution >= 0.6 is 0 Å². The van der Waals surface area contributed by atoms with Gasteiger partial charge in [-0.15, -0.1) is 0 Å². The Morgan fingerprint density at radius 1 is 0.944 bits per heavy atom. The quantitative estimate of drug-likeness (QED) is 0.484. The minimum absolute atomic E-state index is 0.0769. The molecule has 0 saturated carbocycles. The lowest BCUT2D eigenvalue weighted by atomic mass is 9.68. The molecule has 98 valence electrons. The van der Waals surface area contributed by atoms with Gasteiger partial charge in [0, 0.05) is 10.9 Å². The number of benzene rings is 1. The predicted octanol–water partition coefficient (Wildman–Crippen LogP) is -1.65. The monoisotopic (exact) mass is 252 g/mol. The Kier molecular flexibility index (Phi) is 4.45. The first-order chi connectivity index (χ1) is 8.18. The van der Waals surface area contributed by atoms with Gasteiger partial charge in [-0.05, 0) is 11.0 Å². The first kappa shape index (κ1) is 15.0. The van der Waals surface area contributed by atoms with Crippen LogP contribution in [0.15, 0.2) is 12.1 Å². The van der Waals surface area contributed by atoms with Crippen LogP contribution in [0.25, 0.3) is 0 Å². The second-order valence-electron chi connectivity index (χ2n) is 5.19. The molecule has 0 fully saturated rings. The third-order valence-corrected chi connectivity index (χ3v) is 2.77. The highest BCUT2D eigenvalue weighted by molar-refractivity contribution is 6.64. The van der Waals surface area contributed by atoms with Crippen molar-refractivity contribution in [1.29, 1.82) is 0 Å². The highest BCUT2D eigenvalue weighted by Gasteiger charge is 2.28. The van der Waals surface area contributed by atoms with Crippen LogP contribution in [-0.2, 0) is 5.41 Å². The molecule has 0 amide bonds. The number of rotatable bonds is 3. The van der Waals surface area contributed by atoms with E-state index in [9.17, 15) is 20.1 Å². The van der Waals surface area contributed by atoms with E-state index in [1.54, 1.807) is 12.1 Å². The molecule has 0 saturated heterocycles. The van der Waals surface area contributed by atoms with Crippen molar-refractivity contribution in [2.45, 2.75) is 26.2 Å². The zero-order chi connectivity index (χ0) is 14.1. The summed E-state index contributed by atoms with van der Waals surface area (Å²) in [4.78, 5) is 0. The average molecular weight is 252 g/mol. The standard InChI is InChI=1S/C11H18B2O5/c1-11(2,3)7-5-8(12(14)15)10(18-4)9(6-7)13(16)17/h5-6,14-17H,1-4H3. The Balaban J connectivity index is 3.54. The van der Waals surface area contributed by atoms with Gasteiger partial charge in [-0.2, -0.15) is 0 Å². The lowest BCUT2D eigenvalue weighted by molar-refractivity contribution is 0.397. The first-order valence-electron chi connectivity index (χ1n) is 5.63. The third kappa shape index (κ3) is 3.05. The fraction of sp³-hybridized carbons (Fsp3) is 0.455. The molecular weight excluding hydrogens is 234 g/mol. The Labute approximate surface area is 107 Å². The SMILES string of the molecule is COc1c(B(O)O)cc(C(C)(C)C)cc1B(O)O. The van der Waals surface area contributed by atoms with Gasteiger partial charge in [0.2, 0.25) is 0 Å². The summed E-state index contributed by atoms with van der Waals surface area (Å²) in [6, 6.07) is 3.19. The van der Waals surface area contributed by atoms with Crippen LogP contribution in [0.2, 0.25) is 0 Å². The second kappa shape index (κ2) is 5.32. The summed E-state index contributed by atoms with van der Waals surface area (Å²) < 4.78 is 5.03. The maximum absolute atomic E-state index is 9.34. The van der Waals surface area contributed by atoms with Crippen molar-refractivity contribution in [3.8, 4) is 5.75 Å². The van der Waals surface area contributed by atoms with Crippen molar-refractivity contribution in [2.24, 2.45) is 0 Å². The molecule has 0 aromatic heterocycles. The molecule has 0 aliphatic heterocycles. The fourth-order valence-electron chi connectivity index (χ4n) is 1.73. The molecular formula is C11H18B2O5. The van der Waals surface area contributed by atoms with Crippen molar-refractivity contribution in [3.05, 3.63) is 17.7 Å². The van der Waals surface area contributed by atoms with E-state index >= 15 is 0 Å². The summed E-state index contributed by atoms with van der Waals surface area (Å²) in [6.45, 7) is 5.82. The second-order valence-corrected chi connectivity index (χ2v) is 5.19. The van der Waals surface area contributed by atoms with Crippen LogP contribution in [-0.4, -0.2) is 41.4 Å². The predicted molar refractivity (Wildman–Crippen MR) is 71.3 cm³/mol. The van der Waals surface area contributed by atoms with Gasteiger partial charge in [-0.1, -0.05) is 32.9 Å². The summed E-state index contributed by atoms with van der Waals surface area (Å²) in [5, 5.41) is 37.4. The highest BCUT2D eigenvalue weighted by atomic mass is 16.5. The Hall–Kier alpha value is -1.01. The van der Waals surface area contributed by atoms with Crippen molar-refractivity contribution >= 4 is 25.2 Å². The fourth-order valence-corrected chi connectivity index (χ4v) is 1.73. The van der Waals surface area contributed by atoms with Crippen LogP contribution in [0.4, 0.5) is 0 Å². The van der Waals surface area contributed by atoms with Gasteiger partial charge < -0.3 is 24.8 Å². The number of hydrogen-bond donors (Lipinski definition) is 4. The molecule has 1 rings (SSSR count). The zero-order valence-corrected chi connectivity index (χ0v) is 11.0. The summed E-state index contributed by atoms with van der Waals surface area (Å²) in [7, 11) is -2.14. The summed E-state index contributed by atoms with van der Waals surface area (Å²) >= 11 is 0. The summed E-state index contributed by atoms with van der Waals surface area (Å²) in [5.74, 6) is 0.0769. The van der Waals surface area contributed by atoms with E-state index in [1.165, 1.54) is 7.11 Å². The van der Waals surface area contributed by atoms with E-state index in [0.29, 0.717) is 0 Å². The summed E-state index contributed by atoms with van der Waals surface area (Å²) in [5.41, 5.74) is 0.732. The van der Waals surface area contributed by atoms with Crippen molar-refractivity contribution in [2.75, 3.05) is 7.11 Å². The molecule has 0 atom stereocenters. The molecule has 0 aliphatic rings. The third-order valence-electron chi connectivity index (χ3n) is 2.77. The molecule has 0 aliphatic carbocycles. The largest absolute Gasteiger partial charge is 0.497 e. The average Bonchev–Trinajstić information content (AvgIpc) is 2.25. The van der Waals surface area contributed by atoms with E-state index in [1.807, 2.05) is 20.8 Å². The van der Waals surface area contributed by atoms with Crippen LogP contribution in [0.3, 0.4) is 0 Å². The van der Waals surface area contributed by atoms with Gasteiger partial charge in [0.1, 0.15) is 5.75 Å². The first-order valence-corrected chi connectivity index (χ1v) is 5.63. The molecule has 18 heavy (non-hydrogen) atoms. The number of methoxy groups -OCH3 is 1. The number of hydrogen-bond acceptors (Lipinski definition) is 5. The molecule has 0 unspecified atom stereocenters. The maximum atomic E-state index is 9.34. The van der Waals surface area contributed by atoms with Gasteiger partial charge in [-0.3, -0.25) is 0 Å². The van der Waals surface area contributed by atoms with E-state index in [2.05, 4.69) is 0 Å². The van der Waals surface area contributed by atoms with Crippen LogP contribution in [0, 0.1) is 0 Å². The van der Waals surface area contributed by atoms with E-state index < -0.39 is 14.2 Å². The normalized spacial score (nSPS) is 11.3. The van der Waals surface area contributed by atoms with Gasteiger partial charge in [0.15, 0.2) is 0 Å². The maximum Gasteiger partial charge on any atom is 0.492 e. The number of ether oxygens (including phenoxy) is 1. The van der Waals surface area contributed by atoms with E-state index in [0.717, 1.165) is 5.56 Å². The highest BCUT2D eigenvalue weighted by Crippen LogP contribution is 2.22. The van der Waals surface area contributed by atoms with Gasteiger partial charge in [-0.25, -0.2) is 0 Å².